The predicted molar refractivity (Wildman–Crippen MR) is 96.2 cm³/mol. The van der Waals surface area contributed by atoms with E-state index >= 15 is 4.39 Å². The minimum Gasteiger partial charge on any atom is -0.300 e. The average Bonchev–Trinajstić information content (AvgIpc) is 2.80. The number of ketones is 3. The fraction of sp³-hybridized carbons (Fsp3) is 0.773. The van der Waals surface area contributed by atoms with Crippen LogP contribution in [0.1, 0.15) is 66.2 Å². The van der Waals surface area contributed by atoms with Crippen molar-refractivity contribution in [2.75, 3.05) is 0 Å². The molecule has 26 heavy (non-hydrogen) atoms. The van der Waals surface area contributed by atoms with E-state index in [1.807, 2.05) is 13.8 Å². The summed E-state index contributed by atoms with van der Waals surface area (Å²) in [5.41, 5.74) is -2.35. The number of alkyl halides is 1. The SMILES string of the molecule is CC(=O)C1C(C)CC2C3CCC4=CC(=O)CCC4(C)C3(F)C(=O)CC21C. The molecule has 0 aliphatic heterocycles. The van der Waals surface area contributed by atoms with Crippen LogP contribution in [0, 0.1) is 34.5 Å². The molecule has 0 aromatic rings. The molecular weight excluding hydrogens is 331 g/mol. The molecule has 4 rings (SSSR count). The van der Waals surface area contributed by atoms with Crippen LogP contribution in [0.2, 0.25) is 0 Å². The van der Waals surface area contributed by atoms with Gasteiger partial charge in [-0.15, -0.1) is 0 Å². The van der Waals surface area contributed by atoms with Crippen molar-refractivity contribution in [3.63, 3.8) is 0 Å². The van der Waals surface area contributed by atoms with Crippen molar-refractivity contribution in [2.24, 2.45) is 34.5 Å². The molecule has 4 heteroatoms. The Balaban J connectivity index is 1.82. The highest BCUT2D eigenvalue weighted by molar-refractivity contribution is 5.96. The monoisotopic (exact) mass is 360 g/mol. The van der Waals surface area contributed by atoms with E-state index in [0.717, 1.165) is 12.0 Å². The van der Waals surface area contributed by atoms with Crippen LogP contribution in [0.5, 0.6) is 0 Å². The maximum absolute atomic E-state index is 16.7. The van der Waals surface area contributed by atoms with E-state index in [1.165, 1.54) is 0 Å². The molecule has 0 spiro atoms. The van der Waals surface area contributed by atoms with Gasteiger partial charge in [-0.1, -0.05) is 26.3 Å². The number of hydrogen-bond acceptors (Lipinski definition) is 3. The molecule has 0 heterocycles. The zero-order valence-corrected chi connectivity index (χ0v) is 16.2. The fourth-order valence-corrected chi connectivity index (χ4v) is 7.53. The van der Waals surface area contributed by atoms with E-state index in [2.05, 4.69) is 6.92 Å². The Morgan fingerprint density at radius 2 is 1.88 bits per heavy atom. The lowest BCUT2D eigenvalue weighted by Crippen LogP contribution is -2.65. The van der Waals surface area contributed by atoms with Crippen molar-refractivity contribution in [1.82, 2.24) is 0 Å². The quantitative estimate of drug-likeness (QED) is 0.703. The maximum Gasteiger partial charge on any atom is 0.180 e. The van der Waals surface area contributed by atoms with E-state index < -0.39 is 16.5 Å². The van der Waals surface area contributed by atoms with Gasteiger partial charge in [-0.2, -0.15) is 0 Å². The summed E-state index contributed by atoms with van der Waals surface area (Å²) in [7, 11) is 0. The Hall–Kier alpha value is -1.32. The molecule has 0 aromatic heterocycles. The Labute approximate surface area is 154 Å². The third-order valence-electron chi connectivity index (χ3n) is 8.58. The van der Waals surface area contributed by atoms with Crippen LogP contribution in [0.3, 0.4) is 0 Å². The van der Waals surface area contributed by atoms with Gasteiger partial charge >= 0.3 is 0 Å². The lowest BCUT2D eigenvalue weighted by atomic mass is 9.44. The number of carbonyl (C=O) groups excluding carboxylic acids is 3. The van der Waals surface area contributed by atoms with E-state index in [1.54, 1.807) is 13.0 Å². The lowest BCUT2D eigenvalue weighted by Gasteiger charge is -2.59. The summed E-state index contributed by atoms with van der Waals surface area (Å²) < 4.78 is 16.7. The number of hydrogen-bond donors (Lipinski definition) is 0. The molecule has 3 fully saturated rings. The van der Waals surface area contributed by atoms with Crippen molar-refractivity contribution in [2.45, 2.75) is 71.9 Å². The second kappa shape index (κ2) is 5.36. The van der Waals surface area contributed by atoms with Crippen molar-refractivity contribution < 1.29 is 18.8 Å². The first kappa shape index (κ1) is 18.1. The van der Waals surface area contributed by atoms with E-state index in [9.17, 15) is 14.4 Å². The zero-order valence-electron chi connectivity index (χ0n) is 16.2. The Bertz CT molecular complexity index is 740. The molecular formula is C22H29FO3. The van der Waals surface area contributed by atoms with Crippen LogP contribution in [0.4, 0.5) is 4.39 Å². The summed E-state index contributed by atoms with van der Waals surface area (Å²) in [6.07, 6.45) is 4.62. The first-order chi connectivity index (χ1) is 12.1. The minimum absolute atomic E-state index is 0.0544. The standard InChI is InChI=1S/C22H29FO3/c1-12-9-17-16-6-5-14-10-15(25)7-8-21(14,4)22(16,23)18(26)11-20(17,3)19(12)13(2)24/h10,12,16-17,19H,5-9,11H2,1-4H3. The molecule has 4 aliphatic carbocycles. The van der Waals surface area contributed by atoms with Gasteiger partial charge in [0.15, 0.2) is 17.2 Å². The fourth-order valence-electron chi connectivity index (χ4n) is 7.53. The second-order valence-corrected chi connectivity index (χ2v) is 9.84. The van der Waals surface area contributed by atoms with Crippen LogP contribution >= 0.6 is 0 Å². The summed E-state index contributed by atoms with van der Waals surface area (Å²) >= 11 is 0. The van der Waals surface area contributed by atoms with Crippen LogP contribution in [-0.2, 0) is 14.4 Å². The van der Waals surface area contributed by atoms with Gasteiger partial charge in [-0.3, -0.25) is 14.4 Å². The smallest absolute Gasteiger partial charge is 0.180 e. The Morgan fingerprint density at radius 1 is 1.19 bits per heavy atom. The first-order valence-corrected chi connectivity index (χ1v) is 10.0. The van der Waals surface area contributed by atoms with Gasteiger partial charge < -0.3 is 0 Å². The largest absolute Gasteiger partial charge is 0.300 e. The molecule has 0 aromatic carbocycles. The van der Waals surface area contributed by atoms with E-state index in [4.69, 9.17) is 0 Å². The molecule has 3 saturated carbocycles. The average molecular weight is 360 g/mol. The van der Waals surface area contributed by atoms with Gasteiger partial charge in [-0.25, -0.2) is 4.39 Å². The van der Waals surface area contributed by atoms with Gasteiger partial charge in [-0.05, 0) is 55.9 Å². The number of fused-ring (bicyclic) bond motifs is 5. The van der Waals surface area contributed by atoms with Gasteiger partial charge in [0.25, 0.3) is 0 Å². The number of Topliss-reactive ketones (excluding diaryl/α,β-unsaturated/α-hetero) is 2. The normalized spacial score (nSPS) is 50.6. The van der Waals surface area contributed by atoms with Crippen molar-refractivity contribution in [3.05, 3.63) is 11.6 Å². The molecule has 7 atom stereocenters. The van der Waals surface area contributed by atoms with Gasteiger partial charge in [0.05, 0.1) is 0 Å². The number of halogens is 1. The number of carbonyl (C=O) groups is 3. The molecule has 0 N–H and O–H groups in total. The lowest BCUT2D eigenvalue weighted by molar-refractivity contribution is -0.173. The topological polar surface area (TPSA) is 51.2 Å². The molecule has 0 bridgehead atoms. The predicted octanol–water partition coefficient (Wildman–Crippen LogP) is 4.24. The van der Waals surface area contributed by atoms with Crippen LogP contribution < -0.4 is 0 Å². The third kappa shape index (κ3) is 1.96. The van der Waals surface area contributed by atoms with Crippen LogP contribution in [0.25, 0.3) is 0 Å². The highest BCUT2D eigenvalue weighted by atomic mass is 19.1. The molecule has 142 valence electrons. The van der Waals surface area contributed by atoms with Crippen molar-refractivity contribution in [3.8, 4) is 0 Å². The zero-order chi connectivity index (χ0) is 19.1. The summed E-state index contributed by atoms with van der Waals surface area (Å²) in [5.74, 6) is -0.384. The number of rotatable bonds is 1. The Kier molecular flexibility index (Phi) is 3.72. The van der Waals surface area contributed by atoms with Crippen molar-refractivity contribution in [1.29, 1.82) is 0 Å². The highest BCUT2D eigenvalue weighted by Gasteiger charge is 2.72. The molecule has 0 amide bonds. The van der Waals surface area contributed by atoms with Crippen LogP contribution in [-0.4, -0.2) is 23.0 Å². The Morgan fingerprint density at radius 3 is 2.54 bits per heavy atom. The van der Waals surface area contributed by atoms with E-state index in [0.29, 0.717) is 25.7 Å². The summed E-state index contributed by atoms with van der Waals surface area (Å²) in [5, 5.41) is 0. The molecule has 0 radical (unpaired) electrons. The third-order valence-corrected chi connectivity index (χ3v) is 8.58. The maximum atomic E-state index is 16.7. The minimum atomic E-state index is -1.90. The summed E-state index contributed by atoms with van der Waals surface area (Å²) in [4.78, 5) is 37.5. The van der Waals surface area contributed by atoms with E-state index in [-0.39, 0.29) is 47.4 Å². The van der Waals surface area contributed by atoms with Gasteiger partial charge in [0.1, 0.15) is 5.78 Å². The molecule has 3 nitrogen and oxygen atoms in total. The summed E-state index contributed by atoms with van der Waals surface area (Å²) in [6, 6.07) is 0. The van der Waals surface area contributed by atoms with Crippen molar-refractivity contribution >= 4 is 17.3 Å². The first-order valence-electron chi connectivity index (χ1n) is 10.0. The van der Waals surface area contributed by atoms with Gasteiger partial charge in [0, 0.05) is 30.1 Å². The summed E-state index contributed by atoms with van der Waals surface area (Å²) in [6.45, 7) is 7.60. The van der Waals surface area contributed by atoms with Crippen LogP contribution in [0.15, 0.2) is 11.6 Å². The highest BCUT2D eigenvalue weighted by Crippen LogP contribution is 2.69. The number of allylic oxidation sites excluding steroid dienone is 1. The van der Waals surface area contributed by atoms with Gasteiger partial charge in [0.2, 0.25) is 0 Å². The molecule has 4 aliphatic rings. The molecule has 0 saturated heterocycles. The second-order valence-electron chi connectivity index (χ2n) is 9.84. The molecule has 7 unspecified atom stereocenters.